The van der Waals surface area contributed by atoms with Crippen LogP contribution in [0.5, 0.6) is 0 Å². The quantitative estimate of drug-likeness (QED) is 0.824. The fourth-order valence-corrected chi connectivity index (χ4v) is 2.38. The van der Waals surface area contributed by atoms with Gasteiger partial charge in [0.1, 0.15) is 11.6 Å². The number of halogens is 3. The number of amides is 1. The first-order chi connectivity index (χ1) is 8.56. The Balaban J connectivity index is 2.01. The first kappa shape index (κ1) is 13.3. The zero-order chi connectivity index (χ0) is 13.1. The van der Waals surface area contributed by atoms with E-state index in [2.05, 4.69) is 5.32 Å². The van der Waals surface area contributed by atoms with Crippen molar-refractivity contribution in [3.8, 4) is 0 Å². The van der Waals surface area contributed by atoms with Crippen LogP contribution in [0.15, 0.2) is 18.2 Å². The number of hydrogen-bond acceptors (Lipinski definition) is 1. The first-order valence-corrected chi connectivity index (χ1v) is 6.40. The van der Waals surface area contributed by atoms with Gasteiger partial charge in [0, 0.05) is 11.4 Å². The lowest BCUT2D eigenvalue weighted by molar-refractivity contribution is 0.0923. The van der Waals surface area contributed by atoms with Crippen LogP contribution in [0.2, 0.25) is 0 Å². The minimum atomic E-state index is -0.708. The second-order valence-corrected chi connectivity index (χ2v) is 5.16. The Labute approximate surface area is 109 Å². The van der Waals surface area contributed by atoms with Gasteiger partial charge < -0.3 is 5.32 Å². The molecule has 0 heterocycles. The summed E-state index contributed by atoms with van der Waals surface area (Å²) in [6.07, 6.45) is 3.21. The number of benzene rings is 1. The van der Waals surface area contributed by atoms with Crippen LogP contribution >= 0.6 is 11.6 Å². The van der Waals surface area contributed by atoms with E-state index >= 15 is 0 Å². The molecule has 2 rings (SSSR count). The lowest BCUT2D eigenvalue weighted by atomic mass is 9.95. The lowest BCUT2D eigenvalue weighted by Crippen LogP contribution is -2.38. The van der Waals surface area contributed by atoms with Gasteiger partial charge in [0.2, 0.25) is 0 Å². The molecule has 0 spiro atoms. The van der Waals surface area contributed by atoms with Gasteiger partial charge in [-0.15, -0.1) is 11.6 Å². The molecular weight excluding hydrogens is 260 g/mol. The van der Waals surface area contributed by atoms with Gasteiger partial charge in [-0.3, -0.25) is 4.79 Å². The van der Waals surface area contributed by atoms with E-state index < -0.39 is 17.5 Å². The standard InChI is InChI=1S/C13H14ClF2NO/c14-8-1-4-10(5-2-8)17-13(18)11-7-9(15)3-6-12(11)16/h3,6-8,10H,1-2,4-5H2,(H,17,18). The Bertz CT molecular complexity index is 445. The van der Waals surface area contributed by atoms with E-state index in [1.165, 1.54) is 0 Å². The van der Waals surface area contributed by atoms with Crippen LogP contribution in [-0.2, 0) is 0 Å². The highest BCUT2D eigenvalue weighted by Gasteiger charge is 2.22. The fourth-order valence-electron chi connectivity index (χ4n) is 2.13. The summed E-state index contributed by atoms with van der Waals surface area (Å²) in [6.45, 7) is 0. The monoisotopic (exact) mass is 273 g/mol. The van der Waals surface area contributed by atoms with Gasteiger partial charge in [0.25, 0.3) is 5.91 Å². The Morgan fingerprint density at radius 2 is 1.89 bits per heavy atom. The van der Waals surface area contributed by atoms with Crippen LogP contribution in [0.1, 0.15) is 36.0 Å². The van der Waals surface area contributed by atoms with Crippen LogP contribution < -0.4 is 5.32 Å². The van der Waals surface area contributed by atoms with Gasteiger partial charge in [-0.1, -0.05) is 0 Å². The number of hydrogen-bond donors (Lipinski definition) is 1. The van der Waals surface area contributed by atoms with E-state index in [1.54, 1.807) is 0 Å². The zero-order valence-corrected chi connectivity index (χ0v) is 10.5. The Kier molecular flexibility index (Phi) is 4.17. The predicted molar refractivity (Wildman–Crippen MR) is 65.7 cm³/mol. The van der Waals surface area contributed by atoms with Crippen LogP contribution in [-0.4, -0.2) is 17.3 Å². The van der Waals surface area contributed by atoms with Crippen molar-refractivity contribution in [2.75, 3.05) is 0 Å². The molecule has 0 aromatic heterocycles. The average molecular weight is 274 g/mol. The molecule has 1 aromatic carbocycles. The second-order valence-electron chi connectivity index (χ2n) is 4.55. The summed E-state index contributed by atoms with van der Waals surface area (Å²) >= 11 is 5.96. The molecule has 1 N–H and O–H groups in total. The number of rotatable bonds is 2. The highest BCUT2D eigenvalue weighted by molar-refractivity contribution is 6.20. The summed E-state index contributed by atoms with van der Waals surface area (Å²) < 4.78 is 26.4. The van der Waals surface area contributed by atoms with Crippen LogP contribution in [0.4, 0.5) is 8.78 Å². The summed E-state index contributed by atoms with van der Waals surface area (Å²) in [5, 5.41) is 2.88. The molecule has 0 unspecified atom stereocenters. The molecule has 1 aromatic rings. The molecule has 2 nitrogen and oxygen atoms in total. The molecule has 98 valence electrons. The third-order valence-electron chi connectivity index (χ3n) is 3.16. The van der Waals surface area contributed by atoms with Crippen molar-refractivity contribution in [2.24, 2.45) is 0 Å². The number of nitrogens with one attached hydrogen (secondary N) is 1. The topological polar surface area (TPSA) is 29.1 Å². The maximum Gasteiger partial charge on any atom is 0.254 e. The van der Waals surface area contributed by atoms with Crippen molar-refractivity contribution in [1.82, 2.24) is 5.32 Å². The molecule has 1 amide bonds. The normalized spacial score (nSPS) is 23.7. The van der Waals surface area contributed by atoms with Crippen molar-refractivity contribution in [2.45, 2.75) is 37.1 Å². The van der Waals surface area contributed by atoms with Crippen LogP contribution in [0.3, 0.4) is 0 Å². The molecule has 1 saturated carbocycles. The van der Waals surface area contributed by atoms with E-state index in [-0.39, 0.29) is 17.0 Å². The Morgan fingerprint density at radius 1 is 1.22 bits per heavy atom. The zero-order valence-electron chi connectivity index (χ0n) is 9.76. The van der Waals surface area contributed by atoms with E-state index in [0.717, 1.165) is 43.9 Å². The van der Waals surface area contributed by atoms with Gasteiger partial charge in [0.05, 0.1) is 5.56 Å². The van der Waals surface area contributed by atoms with Gasteiger partial charge >= 0.3 is 0 Å². The number of carbonyl (C=O) groups is 1. The van der Waals surface area contributed by atoms with Crippen molar-refractivity contribution in [1.29, 1.82) is 0 Å². The van der Waals surface area contributed by atoms with Gasteiger partial charge in [-0.25, -0.2) is 8.78 Å². The average Bonchev–Trinajstić information content (AvgIpc) is 2.35. The Morgan fingerprint density at radius 3 is 2.56 bits per heavy atom. The van der Waals surface area contributed by atoms with Crippen molar-refractivity contribution < 1.29 is 13.6 Å². The molecule has 1 aliphatic rings. The molecule has 5 heteroatoms. The van der Waals surface area contributed by atoms with E-state index in [9.17, 15) is 13.6 Å². The fraction of sp³-hybridized carbons (Fsp3) is 0.462. The highest BCUT2D eigenvalue weighted by Crippen LogP contribution is 2.23. The highest BCUT2D eigenvalue weighted by atomic mass is 35.5. The third kappa shape index (κ3) is 3.19. The summed E-state index contributed by atoms with van der Waals surface area (Å²) in [4.78, 5) is 11.8. The molecule has 0 radical (unpaired) electrons. The van der Waals surface area contributed by atoms with Crippen molar-refractivity contribution >= 4 is 17.5 Å². The molecule has 1 fully saturated rings. The SMILES string of the molecule is O=C(NC1CCC(Cl)CC1)c1cc(F)ccc1F. The van der Waals surface area contributed by atoms with Crippen LogP contribution in [0, 0.1) is 11.6 Å². The van der Waals surface area contributed by atoms with Gasteiger partial charge in [-0.05, 0) is 43.9 Å². The molecule has 1 aliphatic carbocycles. The maximum absolute atomic E-state index is 13.4. The maximum atomic E-state index is 13.4. The third-order valence-corrected chi connectivity index (χ3v) is 3.60. The van der Waals surface area contributed by atoms with Crippen molar-refractivity contribution in [3.05, 3.63) is 35.4 Å². The van der Waals surface area contributed by atoms with Crippen molar-refractivity contribution in [3.63, 3.8) is 0 Å². The number of alkyl halides is 1. The summed E-state index contributed by atoms with van der Waals surface area (Å²) in [5.74, 6) is -1.89. The van der Waals surface area contributed by atoms with E-state index in [0.29, 0.717) is 0 Å². The van der Waals surface area contributed by atoms with Gasteiger partial charge in [0.15, 0.2) is 0 Å². The largest absolute Gasteiger partial charge is 0.349 e. The summed E-state index contributed by atoms with van der Waals surface area (Å²) in [6, 6.07) is 2.86. The van der Waals surface area contributed by atoms with E-state index in [4.69, 9.17) is 11.6 Å². The second kappa shape index (κ2) is 5.65. The Hall–Kier alpha value is -1.16. The molecule has 0 atom stereocenters. The van der Waals surface area contributed by atoms with Crippen LogP contribution in [0.25, 0.3) is 0 Å². The minimum absolute atomic E-state index is 0.00447. The summed E-state index contributed by atoms with van der Waals surface area (Å²) in [7, 11) is 0. The summed E-state index contributed by atoms with van der Waals surface area (Å²) in [5.41, 5.74) is -0.247. The minimum Gasteiger partial charge on any atom is -0.349 e. The van der Waals surface area contributed by atoms with E-state index in [1.807, 2.05) is 0 Å². The number of carbonyl (C=O) groups excluding carboxylic acids is 1. The molecule has 0 bridgehead atoms. The van der Waals surface area contributed by atoms with Gasteiger partial charge in [-0.2, -0.15) is 0 Å². The molecule has 0 saturated heterocycles. The molecular formula is C13H14ClF2NO. The predicted octanol–water partition coefficient (Wildman–Crippen LogP) is 3.24. The molecule has 0 aliphatic heterocycles. The lowest BCUT2D eigenvalue weighted by Gasteiger charge is -2.25. The molecule has 18 heavy (non-hydrogen) atoms. The first-order valence-electron chi connectivity index (χ1n) is 5.96. The smallest absolute Gasteiger partial charge is 0.254 e.